The van der Waals surface area contributed by atoms with Gasteiger partial charge in [-0.05, 0) is 44.2 Å². The van der Waals surface area contributed by atoms with Crippen molar-refractivity contribution in [2.75, 3.05) is 13.1 Å². The molecule has 14 nitrogen and oxygen atoms in total. The monoisotopic (exact) mass is 545 g/mol. The smallest absolute Gasteiger partial charge is 0.243 e. The zero-order valence-electron chi connectivity index (χ0n) is 21.9. The van der Waals surface area contributed by atoms with Crippen LogP contribution in [0.1, 0.15) is 44.1 Å². The highest BCUT2D eigenvalue weighted by Crippen LogP contribution is 2.09. The van der Waals surface area contributed by atoms with E-state index in [1.807, 2.05) is 6.07 Å². The van der Waals surface area contributed by atoms with E-state index >= 15 is 0 Å². The van der Waals surface area contributed by atoms with Gasteiger partial charge in [0, 0.05) is 19.4 Å². The SMILES string of the molecule is NC(=O)CC[C@H](NC(=O)[C@H]1CCCN1)C(=O)N[C@@H](CCCN=C(N)N)C(=O)N[C@@H](Cc1ccccc1)C(N)=O. The lowest BCUT2D eigenvalue weighted by Crippen LogP contribution is -2.57. The van der Waals surface area contributed by atoms with Crippen LogP contribution in [0, 0.1) is 0 Å². The molecule has 0 aliphatic carbocycles. The first-order valence-electron chi connectivity index (χ1n) is 12.9. The molecule has 1 heterocycles. The molecule has 0 spiro atoms. The predicted octanol–water partition coefficient (Wildman–Crippen LogP) is -2.76. The first-order valence-corrected chi connectivity index (χ1v) is 12.9. The normalized spacial score (nSPS) is 16.8. The van der Waals surface area contributed by atoms with Crippen molar-refractivity contribution in [2.24, 2.45) is 27.9 Å². The Hall–Kier alpha value is -4.20. The maximum atomic E-state index is 13.2. The molecule has 0 saturated carbocycles. The largest absolute Gasteiger partial charge is 0.370 e. The lowest BCUT2D eigenvalue weighted by Gasteiger charge is -2.25. The van der Waals surface area contributed by atoms with Gasteiger partial charge in [0.15, 0.2) is 5.96 Å². The maximum Gasteiger partial charge on any atom is 0.243 e. The second kappa shape index (κ2) is 15.9. The Morgan fingerprint density at radius 1 is 0.897 bits per heavy atom. The molecule has 214 valence electrons. The summed E-state index contributed by atoms with van der Waals surface area (Å²) in [6.07, 6.45) is 1.81. The summed E-state index contributed by atoms with van der Waals surface area (Å²) < 4.78 is 0. The number of amides is 5. The van der Waals surface area contributed by atoms with Gasteiger partial charge in [0.25, 0.3) is 0 Å². The Kier molecular flexibility index (Phi) is 12.7. The van der Waals surface area contributed by atoms with Crippen LogP contribution in [-0.4, -0.2) is 72.8 Å². The van der Waals surface area contributed by atoms with Crippen LogP contribution in [0.5, 0.6) is 0 Å². The maximum absolute atomic E-state index is 13.2. The van der Waals surface area contributed by atoms with Crippen molar-refractivity contribution >= 4 is 35.5 Å². The molecule has 0 radical (unpaired) electrons. The fraction of sp³-hybridized carbons (Fsp3) is 0.520. The second-order valence-corrected chi connectivity index (χ2v) is 9.38. The number of carbonyl (C=O) groups excluding carboxylic acids is 5. The lowest BCUT2D eigenvalue weighted by atomic mass is 10.0. The quantitative estimate of drug-likeness (QED) is 0.0612. The van der Waals surface area contributed by atoms with Gasteiger partial charge in [0.2, 0.25) is 29.5 Å². The highest BCUT2D eigenvalue weighted by atomic mass is 16.2. The van der Waals surface area contributed by atoms with Crippen molar-refractivity contribution in [1.82, 2.24) is 21.3 Å². The van der Waals surface area contributed by atoms with Crippen molar-refractivity contribution in [1.29, 1.82) is 0 Å². The summed E-state index contributed by atoms with van der Waals surface area (Å²) in [5.74, 6) is -3.21. The first kappa shape index (κ1) is 31.0. The lowest BCUT2D eigenvalue weighted by molar-refractivity contribution is -0.134. The van der Waals surface area contributed by atoms with Crippen LogP contribution < -0.4 is 44.2 Å². The van der Waals surface area contributed by atoms with Crippen LogP contribution in [-0.2, 0) is 30.4 Å². The zero-order valence-corrected chi connectivity index (χ0v) is 21.9. The standard InChI is InChI=1S/C25H39N9O5/c26-20(35)11-10-18(33-22(37)16-8-4-12-30-16)24(39)32-17(9-5-13-31-25(28)29)23(38)34-19(21(27)36)14-15-6-2-1-3-7-15/h1-3,6-7,16-19,30H,4-5,8-14H2,(H2,26,35)(H2,27,36)(H,32,39)(H,33,37)(H,34,38)(H4,28,29,31)/t16-,17+,18+,19+/m1/s1. The summed E-state index contributed by atoms with van der Waals surface area (Å²) in [6, 6.07) is 5.28. The predicted molar refractivity (Wildman–Crippen MR) is 144 cm³/mol. The Balaban J connectivity index is 2.16. The van der Waals surface area contributed by atoms with Gasteiger partial charge in [-0.3, -0.25) is 29.0 Å². The molecule has 12 N–H and O–H groups in total. The van der Waals surface area contributed by atoms with Crippen molar-refractivity contribution in [3.8, 4) is 0 Å². The second-order valence-electron chi connectivity index (χ2n) is 9.38. The van der Waals surface area contributed by atoms with Crippen LogP contribution in [0.15, 0.2) is 35.3 Å². The molecular weight excluding hydrogens is 506 g/mol. The zero-order chi connectivity index (χ0) is 28.8. The fourth-order valence-electron chi connectivity index (χ4n) is 4.13. The van der Waals surface area contributed by atoms with E-state index in [-0.39, 0.29) is 44.1 Å². The minimum absolute atomic E-state index is 0.0557. The number of hydrogen-bond acceptors (Lipinski definition) is 7. The third-order valence-electron chi connectivity index (χ3n) is 6.21. The van der Waals surface area contributed by atoms with E-state index < -0.39 is 47.8 Å². The molecule has 1 aliphatic rings. The van der Waals surface area contributed by atoms with Gasteiger partial charge >= 0.3 is 0 Å². The van der Waals surface area contributed by atoms with Gasteiger partial charge in [-0.25, -0.2) is 0 Å². The summed E-state index contributed by atoms with van der Waals surface area (Å²) in [5, 5.41) is 10.9. The number of aliphatic imine (C=N–C) groups is 1. The van der Waals surface area contributed by atoms with Crippen LogP contribution in [0.4, 0.5) is 0 Å². The average Bonchev–Trinajstić information content (AvgIpc) is 3.43. The van der Waals surface area contributed by atoms with E-state index in [1.54, 1.807) is 24.3 Å². The molecule has 0 aromatic heterocycles. The summed E-state index contributed by atoms with van der Waals surface area (Å²) >= 11 is 0. The molecule has 0 unspecified atom stereocenters. The molecule has 1 saturated heterocycles. The van der Waals surface area contributed by atoms with Gasteiger partial charge < -0.3 is 44.2 Å². The Morgan fingerprint density at radius 3 is 2.10 bits per heavy atom. The number of primary amides is 2. The Labute approximate surface area is 227 Å². The molecule has 1 fully saturated rings. The molecule has 39 heavy (non-hydrogen) atoms. The van der Waals surface area contributed by atoms with Gasteiger partial charge in [0.1, 0.15) is 18.1 Å². The minimum Gasteiger partial charge on any atom is -0.370 e. The van der Waals surface area contributed by atoms with Gasteiger partial charge in [-0.1, -0.05) is 30.3 Å². The summed E-state index contributed by atoms with van der Waals surface area (Å²) in [6.45, 7) is 0.874. The van der Waals surface area contributed by atoms with Crippen molar-refractivity contribution in [3.63, 3.8) is 0 Å². The number of hydrogen-bond donors (Lipinski definition) is 8. The molecule has 1 aromatic rings. The summed E-state index contributed by atoms with van der Waals surface area (Å²) in [5.41, 5.74) is 22.3. The van der Waals surface area contributed by atoms with E-state index in [0.717, 1.165) is 12.0 Å². The van der Waals surface area contributed by atoms with E-state index in [2.05, 4.69) is 26.3 Å². The van der Waals surface area contributed by atoms with Crippen LogP contribution >= 0.6 is 0 Å². The number of nitrogens with zero attached hydrogens (tertiary/aromatic N) is 1. The van der Waals surface area contributed by atoms with Gasteiger partial charge in [-0.2, -0.15) is 0 Å². The summed E-state index contributed by atoms with van der Waals surface area (Å²) in [4.78, 5) is 66.5. The third kappa shape index (κ3) is 11.4. The fourth-order valence-corrected chi connectivity index (χ4v) is 4.13. The van der Waals surface area contributed by atoms with Gasteiger partial charge in [-0.15, -0.1) is 0 Å². The molecule has 14 heteroatoms. The minimum atomic E-state index is -1.11. The Morgan fingerprint density at radius 2 is 1.54 bits per heavy atom. The van der Waals surface area contributed by atoms with Crippen molar-refractivity contribution < 1.29 is 24.0 Å². The molecule has 5 amide bonds. The average molecular weight is 546 g/mol. The molecule has 1 aromatic carbocycles. The van der Waals surface area contributed by atoms with Gasteiger partial charge in [0.05, 0.1) is 6.04 Å². The highest BCUT2D eigenvalue weighted by Gasteiger charge is 2.31. The van der Waals surface area contributed by atoms with Crippen LogP contribution in [0.3, 0.4) is 0 Å². The number of guanidine groups is 1. The molecule has 4 atom stereocenters. The number of nitrogens with two attached hydrogens (primary N) is 4. The third-order valence-corrected chi connectivity index (χ3v) is 6.21. The van der Waals surface area contributed by atoms with E-state index in [4.69, 9.17) is 22.9 Å². The number of benzene rings is 1. The van der Waals surface area contributed by atoms with Crippen LogP contribution in [0.2, 0.25) is 0 Å². The van der Waals surface area contributed by atoms with E-state index in [0.29, 0.717) is 19.4 Å². The number of carbonyl (C=O) groups is 5. The molecule has 1 aliphatic heterocycles. The molecule has 0 bridgehead atoms. The first-order chi connectivity index (χ1) is 18.6. The molecule has 2 rings (SSSR count). The summed E-state index contributed by atoms with van der Waals surface area (Å²) in [7, 11) is 0. The Bertz CT molecular complexity index is 1020. The van der Waals surface area contributed by atoms with Crippen molar-refractivity contribution in [3.05, 3.63) is 35.9 Å². The van der Waals surface area contributed by atoms with E-state index in [1.165, 1.54) is 0 Å². The number of nitrogens with one attached hydrogen (secondary N) is 4. The van der Waals surface area contributed by atoms with Crippen LogP contribution in [0.25, 0.3) is 0 Å². The number of rotatable bonds is 16. The topological polar surface area (TPSA) is 250 Å². The molecular formula is C25H39N9O5. The highest BCUT2D eigenvalue weighted by molar-refractivity contribution is 5.95. The van der Waals surface area contributed by atoms with E-state index in [9.17, 15) is 24.0 Å². The van der Waals surface area contributed by atoms with Crippen molar-refractivity contribution in [2.45, 2.75) is 69.1 Å².